The van der Waals surface area contributed by atoms with Crippen LogP contribution < -0.4 is 15.1 Å². The maximum Gasteiger partial charge on any atom is 0.308 e. The number of fused-ring (bicyclic) bond motifs is 3. The number of amides is 3. The average Bonchev–Trinajstić information content (AvgIpc) is 3.44. The lowest BCUT2D eigenvalue weighted by atomic mass is 9.83. The molecule has 43 heavy (non-hydrogen) atoms. The molecule has 0 spiro atoms. The molecule has 5 aromatic rings. The van der Waals surface area contributed by atoms with Gasteiger partial charge >= 0.3 is 4.87 Å². The predicted octanol–water partition coefficient (Wildman–Crippen LogP) is 6.57. The van der Waals surface area contributed by atoms with E-state index in [4.69, 9.17) is 0 Å². The first-order valence-corrected chi connectivity index (χ1v) is 16.2. The normalized spacial score (nSPS) is 19.4. The van der Waals surface area contributed by atoms with Crippen molar-refractivity contribution in [3.8, 4) is 0 Å². The summed E-state index contributed by atoms with van der Waals surface area (Å²) in [5.74, 6) is -2.16. The number of nitrogens with zero attached hydrogens (tertiary/aromatic N) is 2. The number of halogens is 1. The van der Waals surface area contributed by atoms with Gasteiger partial charge in [-0.05, 0) is 48.2 Å². The summed E-state index contributed by atoms with van der Waals surface area (Å²) in [5, 5.41) is 4.68. The van der Waals surface area contributed by atoms with E-state index in [1.54, 1.807) is 12.1 Å². The van der Waals surface area contributed by atoms with Crippen molar-refractivity contribution >= 4 is 78.9 Å². The summed E-state index contributed by atoms with van der Waals surface area (Å²) in [6, 6.07) is 28.4. The summed E-state index contributed by atoms with van der Waals surface area (Å²) < 4.78 is 2.32. The highest BCUT2D eigenvalue weighted by Gasteiger charge is 2.56. The number of anilines is 2. The van der Waals surface area contributed by atoms with E-state index in [2.05, 4.69) is 21.2 Å². The summed E-state index contributed by atoms with van der Waals surface area (Å²) in [4.78, 5) is 56.4. The van der Waals surface area contributed by atoms with E-state index in [0.29, 0.717) is 21.3 Å². The number of thioether (sulfide) groups is 1. The molecule has 10 heteroatoms. The van der Waals surface area contributed by atoms with Gasteiger partial charge in [0.25, 0.3) is 0 Å². The van der Waals surface area contributed by atoms with E-state index in [1.165, 1.54) is 21.2 Å². The monoisotopic (exact) mass is 669 g/mol. The van der Waals surface area contributed by atoms with E-state index in [1.807, 2.05) is 85.8 Å². The van der Waals surface area contributed by atoms with Gasteiger partial charge in [0.15, 0.2) is 0 Å². The Bertz CT molecular complexity index is 1980. The number of rotatable bonds is 5. The summed E-state index contributed by atoms with van der Waals surface area (Å²) >= 11 is 5.73. The molecule has 0 bridgehead atoms. The van der Waals surface area contributed by atoms with Gasteiger partial charge in [-0.15, -0.1) is 0 Å². The zero-order chi connectivity index (χ0) is 29.8. The minimum Gasteiger partial charge on any atom is -0.324 e. The number of aryl methyl sites for hydroxylation is 1. The Morgan fingerprint density at radius 2 is 1.60 bits per heavy atom. The van der Waals surface area contributed by atoms with Gasteiger partial charge < -0.3 is 5.32 Å². The molecule has 214 valence electrons. The lowest BCUT2D eigenvalue weighted by Gasteiger charge is -2.30. The Morgan fingerprint density at radius 1 is 0.884 bits per heavy atom. The number of aromatic nitrogens is 1. The van der Waals surface area contributed by atoms with Gasteiger partial charge in [0, 0.05) is 26.3 Å². The Balaban J connectivity index is 1.28. The fourth-order valence-corrected chi connectivity index (χ4v) is 8.94. The van der Waals surface area contributed by atoms with Crippen molar-refractivity contribution in [2.45, 2.75) is 29.7 Å². The zero-order valence-electron chi connectivity index (χ0n) is 22.8. The number of carbonyl (C=O) groups is 3. The second-order valence-electron chi connectivity index (χ2n) is 10.6. The summed E-state index contributed by atoms with van der Waals surface area (Å²) in [7, 11) is 0. The number of benzene rings is 4. The molecule has 2 unspecified atom stereocenters. The van der Waals surface area contributed by atoms with Crippen molar-refractivity contribution in [2.75, 3.05) is 10.2 Å². The molecule has 3 heterocycles. The van der Waals surface area contributed by atoms with Gasteiger partial charge in [0.05, 0.1) is 16.6 Å². The molecule has 4 aromatic carbocycles. The third-order valence-corrected chi connectivity index (χ3v) is 11.1. The summed E-state index contributed by atoms with van der Waals surface area (Å²) in [5.41, 5.74) is 3.04. The van der Waals surface area contributed by atoms with Gasteiger partial charge in [0.1, 0.15) is 11.8 Å². The van der Waals surface area contributed by atoms with Crippen LogP contribution >= 0.6 is 39.0 Å². The third-order valence-electron chi connectivity index (χ3n) is 7.94. The molecule has 0 saturated carbocycles. The highest BCUT2D eigenvalue weighted by atomic mass is 79.9. The highest BCUT2D eigenvalue weighted by Crippen LogP contribution is 2.54. The molecule has 0 radical (unpaired) electrons. The van der Waals surface area contributed by atoms with Crippen molar-refractivity contribution < 1.29 is 14.4 Å². The van der Waals surface area contributed by atoms with Gasteiger partial charge in [-0.1, -0.05) is 105 Å². The van der Waals surface area contributed by atoms with Gasteiger partial charge in [-0.25, -0.2) is 4.90 Å². The maximum absolute atomic E-state index is 14.0. The molecule has 1 fully saturated rings. The predicted molar refractivity (Wildman–Crippen MR) is 174 cm³/mol. The van der Waals surface area contributed by atoms with E-state index in [-0.39, 0.29) is 29.1 Å². The van der Waals surface area contributed by atoms with Crippen molar-refractivity contribution in [1.82, 2.24) is 4.57 Å². The van der Waals surface area contributed by atoms with Crippen molar-refractivity contribution in [3.63, 3.8) is 0 Å². The largest absolute Gasteiger partial charge is 0.324 e. The average molecular weight is 671 g/mol. The fourth-order valence-electron chi connectivity index (χ4n) is 5.90. The minimum atomic E-state index is -0.740. The van der Waals surface area contributed by atoms with Crippen molar-refractivity contribution in [2.24, 2.45) is 5.92 Å². The molecular formula is C33H24BrN3O4S2. The van der Waals surface area contributed by atoms with Crippen LogP contribution in [0.15, 0.2) is 105 Å². The van der Waals surface area contributed by atoms with Crippen LogP contribution in [0.5, 0.6) is 0 Å². The van der Waals surface area contributed by atoms with Crippen molar-refractivity contribution in [3.05, 3.63) is 121 Å². The van der Waals surface area contributed by atoms with Gasteiger partial charge in [0.2, 0.25) is 17.7 Å². The number of hydrogen-bond donors (Lipinski definition) is 1. The Labute approximate surface area is 263 Å². The molecule has 7 nitrogen and oxygen atoms in total. The molecule has 2 aliphatic heterocycles. The van der Waals surface area contributed by atoms with Crippen LogP contribution in [0.25, 0.3) is 10.8 Å². The van der Waals surface area contributed by atoms with E-state index < -0.39 is 17.1 Å². The summed E-state index contributed by atoms with van der Waals surface area (Å²) in [6.45, 7) is 1.74. The lowest BCUT2D eigenvalue weighted by molar-refractivity contribution is -0.122. The smallest absolute Gasteiger partial charge is 0.308 e. The first kappa shape index (κ1) is 27.8. The zero-order valence-corrected chi connectivity index (χ0v) is 26.0. The number of hydrogen-bond acceptors (Lipinski definition) is 6. The Morgan fingerprint density at radius 3 is 2.37 bits per heavy atom. The van der Waals surface area contributed by atoms with E-state index in [9.17, 15) is 19.2 Å². The number of carbonyl (C=O) groups excluding carboxylic acids is 3. The number of nitrogens with one attached hydrogen (secondary N) is 1. The Kier molecular flexibility index (Phi) is 7.07. The minimum absolute atomic E-state index is 0.213. The second-order valence-corrected chi connectivity index (χ2v) is 13.7. The van der Waals surface area contributed by atoms with Gasteiger partial charge in [-0.3, -0.25) is 23.7 Å². The molecule has 1 saturated heterocycles. The maximum atomic E-state index is 14.0. The molecule has 7 rings (SSSR count). The van der Waals surface area contributed by atoms with Gasteiger partial charge in [-0.2, -0.15) is 0 Å². The van der Waals surface area contributed by atoms with E-state index >= 15 is 0 Å². The van der Waals surface area contributed by atoms with E-state index in [0.717, 1.165) is 37.7 Å². The van der Waals surface area contributed by atoms with Crippen LogP contribution in [0, 0.1) is 12.8 Å². The molecule has 1 aromatic heterocycles. The van der Waals surface area contributed by atoms with Crippen LogP contribution in [-0.2, 0) is 20.9 Å². The number of imide groups is 1. The third kappa shape index (κ3) is 4.83. The molecule has 3 amide bonds. The SMILES string of the molecule is Cc1ccc(N2C(=O)C3Sc4c(sc(=O)n4CC(=O)Nc4cccc5ccccc45)[C@H](c4ccc(Br)cc4)C3C2=O)cc1. The molecule has 1 N–H and O–H groups in total. The highest BCUT2D eigenvalue weighted by molar-refractivity contribution is 9.10. The van der Waals surface area contributed by atoms with Crippen LogP contribution in [0.4, 0.5) is 11.4 Å². The molecule has 0 aliphatic carbocycles. The van der Waals surface area contributed by atoms with Crippen LogP contribution in [0.1, 0.15) is 21.9 Å². The summed E-state index contributed by atoms with van der Waals surface area (Å²) in [6.07, 6.45) is 0. The van der Waals surface area contributed by atoms with Crippen LogP contribution in [0.2, 0.25) is 0 Å². The van der Waals surface area contributed by atoms with Crippen LogP contribution in [0.3, 0.4) is 0 Å². The molecule has 2 aliphatic rings. The topological polar surface area (TPSA) is 88.5 Å². The first-order valence-electron chi connectivity index (χ1n) is 13.7. The van der Waals surface area contributed by atoms with Crippen LogP contribution in [-0.4, -0.2) is 27.5 Å². The second kappa shape index (κ2) is 10.9. The fraction of sp³-hybridized carbons (Fsp3) is 0.152. The standard InChI is InChI=1S/C33H24BrN3O4S2/c1-18-9-15-22(16-10-18)37-30(39)27-26(20-11-13-21(34)14-12-20)29-32(42-28(27)31(37)40)36(33(41)43-29)17-25(38)35-24-8-4-6-19-5-2-3-7-23(19)24/h2-16,26-28H,17H2,1H3,(H,35,38)/t26-,27?,28?/m1/s1. The lowest BCUT2D eigenvalue weighted by Crippen LogP contribution is -2.33. The Hall–Kier alpha value is -3.99. The number of thiazole rings is 1. The molecule has 3 atom stereocenters. The first-order chi connectivity index (χ1) is 20.8. The molecular weight excluding hydrogens is 646 g/mol. The van der Waals surface area contributed by atoms with Crippen molar-refractivity contribution in [1.29, 1.82) is 0 Å². The quantitative estimate of drug-likeness (QED) is 0.214.